The van der Waals surface area contributed by atoms with Crippen LogP contribution in [-0.4, -0.2) is 37.1 Å². The summed E-state index contributed by atoms with van der Waals surface area (Å²) >= 11 is 10.0. The highest BCUT2D eigenvalue weighted by molar-refractivity contribution is 7.99. The van der Waals surface area contributed by atoms with Crippen molar-refractivity contribution in [3.63, 3.8) is 0 Å². The van der Waals surface area contributed by atoms with Gasteiger partial charge in [0.2, 0.25) is 0 Å². The van der Waals surface area contributed by atoms with Crippen LogP contribution in [0.15, 0.2) is 94.9 Å². The van der Waals surface area contributed by atoms with E-state index >= 15 is 0 Å². The summed E-state index contributed by atoms with van der Waals surface area (Å²) in [7, 11) is 4.16. The molecule has 2 N–H and O–H groups in total. The second kappa shape index (κ2) is 12.6. The predicted octanol–water partition coefficient (Wildman–Crippen LogP) is 8.03. The molecule has 196 valence electrons. The first-order valence-electron chi connectivity index (χ1n) is 12.6. The van der Waals surface area contributed by atoms with Crippen LogP contribution in [0.5, 0.6) is 0 Å². The molecule has 8 heteroatoms. The molecule has 0 aliphatic rings. The lowest BCUT2D eigenvalue weighted by molar-refractivity contribution is 0.400. The number of thiophene rings is 1. The fraction of sp³-hybridized carbons (Fsp3) is 0.161. The molecule has 0 radical (unpaired) electrons. The second-order valence-corrected chi connectivity index (χ2v) is 12.0. The molecular formula is C31H28ClN5S2. The maximum Gasteiger partial charge on any atom is 0.103 e. The van der Waals surface area contributed by atoms with Gasteiger partial charge in [-0.25, -0.2) is 0 Å². The summed E-state index contributed by atoms with van der Waals surface area (Å²) in [4.78, 5) is 11.4. The Morgan fingerprint density at radius 1 is 1.03 bits per heavy atom. The number of pyridine rings is 1. The lowest BCUT2D eigenvalue weighted by Gasteiger charge is -2.13. The zero-order chi connectivity index (χ0) is 27.2. The third-order valence-corrected chi connectivity index (χ3v) is 8.79. The number of nitriles is 1. The van der Waals surface area contributed by atoms with Crippen molar-refractivity contribution in [3.8, 4) is 16.5 Å². The molecule has 39 heavy (non-hydrogen) atoms. The van der Waals surface area contributed by atoms with Crippen molar-refractivity contribution in [2.75, 3.05) is 32.5 Å². The van der Waals surface area contributed by atoms with Crippen LogP contribution >= 0.6 is 34.7 Å². The molecule has 0 aliphatic carbocycles. The van der Waals surface area contributed by atoms with E-state index in [1.807, 2.05) is 42.5 Å². The minimum Gasteiger partial charge on any atom is -0.354 e. The third-order valence-electron chi connectivity index (χ3n) is 6.14. The largest absolute Gasteiger partial charge is 0.354 e. The van der Waals surface area contributed by atoms with E-state index in [1.54, 1.807) is 29.3 Å². The zero-order valence-corrected chi connectivity index (χ0v) is 24.1. The Morgan fingerprint density at radius 3 is 2.64 bits per heavy atom. The summed E-state index contributed by atoms with van der Waals surface area (Å²) < 4.78 is 0. The lowest BCUT2D eigenvalue weighted by Crippen LogP contribution is -2.25. The molecule has 0 unspecified atom stereocenters. The van der Waals surface area contributed by atoms with Gasteiger partial charge in [-0.1, -0.05) is 53.7 Å². The Bertz CT molecular complexity index is 1630. The molecule has 5 nitrogen and oxygen atoms in total. The van der Waals surface area contributed by atoms with Crippen molar-refractivity contribution in [3.05, 3.63) is 101 Å². The van der Waals surface area contributed by atoms with Crippen molar-refractivity contribution in [2.45, 2.75) is 16.3 Å². The first kappa shape index (κ1) is 27.2. The number of hydrogen-bond acceptors (Lipinski definition) is 7. The van der Waals surface area contributed by atoms with Crippen molar-refractivity contribution in [2.24, 2.45) is 0 Å². The van der Waals surface area contributed by atoms with E-state index in [2.05, 4.69) is 77.1 Å². The van der Waals surface area contributed by atoms with Gasteiger partial charge in [-0.15, -0.1) is 11.3 Å². The summed E-state index contributed by atoms with van der Waals surface area (Å²) in [6.07, 6.45) is 1.63. The number of likely N-dealkylation sites (N-methyl/N-ethyl adjacent to an activating group) is 1. The van der Waals surface area contributed by atoms with E-state index in [4.69, 9.17) is 11.6 Å². The quantitative estimate of drug-likeness (QED) is 0.166. The van der Waals surface area contributed by atoms with E-state index in [0.717, 1.165) is 57.3 Å². The molecule has 5 aromatic rings. The Labute approximate surface area is 242 Å². The number of hydrogen-bond donors (Lipinski definition) is 2. The minimum absolute atomic E-state index is 0.483. The van der Waals surface area contributed by atoms with Gasteiger partial charge in [-0.3, -0.25) is 4.98 Å². The van der Waals surface area contributed by atoms with E-state index in [-0.39, 0.29) is 0 Å². The molecule has 0 fully saturated rings. The van der Waals surface area contributed by atoms with Gasteiger partial charge in [0.05, 0.1) is 21.8 Å². The lowest BCUT2D eigenvalue weighted by atomic mass is 10.1. The average Bonchev–Trinajstić information content (AvgIpc) is 3.42. The molecule has 2 aromatic heterocycles. The van der Waals surface area contributed by atoms with E-state index < -0.39 is 0 Å². The zero-order valence-electron chi connectivity index (χ0n) is 21.7. The van der Waals surface area contributed by atoms with Crippen LogP contribution in [0.3, 0.4) is 0 Å². The number of aromatic nitrogens is 1. The number of fused-ring (bicyclic) bond motifs is 1. The first-order valence-corrected chi connectivity index (χ1v) is 14.6. The fourth-order valence-corrected chi connectivity index (χ4v) is 6.24. The standard InChI is InChI=1S/C31H28ClN5S2/c1-37(2)15-14-34-20-25-10-13-29(39-25)21-8-11-26-28(16-21)35-19-22(18-33)31(26)36-23-9-12-30(27(32)17-23)38-24-6-4-3-5-7-24/h3-13,16-17,19,34H,14-15,20H2,1-2H3,(H,35,36). The Balaban J connectivity index is 1.36. The average molecular weight is 570 g/mol. The van der Waals surface area contributed by atoms with Gasteiger partial charge in [0.25, 0.3) is 0 Å². The molecule has 0 aliphatic heterocycles. The van der Waals surface area contributed by atoms with Crippen LogP contribution < -0.4 is 10.6 Å². The summed E-state index contributed by atoms with van der Waals surface area (Å²) in [5.74, 6) is 0. The van der Waals surface area contributed by atoms with Gasteiger partial charge >= 0.3 is 0 Å². The highest BCUT2D eigenvalue weighted by atomic mass is 35.5. The van der Waals surface area contributed by atoms with Gasteiger partial charge in [0, 0.05) is 56.4 Å². The highest BCUT2D eigenvalue weighted by Crippen LogP contribution is 2.37. The van der Waals surface area contributed by atoms with Crippen molar-refractivity contribution in [1.82, 2.24) is 15.2 Å². The van der Waals surface area contributed by atoms with Crippen molar-refractivity contribution < 1.29 is 0 Å². The Morgan fingerprint density at radius 2 is 1.87 bits per heavy atom. The molecule has 0 atom stereocenters. The summed E-state index contributed by atoms with van der Waals surface area (Å²) in [5.41, 5.74) is 3.97. The third kappa shape index (κ3) is 6.80. The molecule has 5 rings (SSSR count). The monoisotopic (exact) mass is 569 g/mol. The number of halogens is 1. The number of benzene rings is 3. The maximum atomic E-state index is 9.81. The molecule has 0 spiro atoms. The van der Waals surface area contributed by atoms with E-state index in [9.17, 15) is 5.26 Å². The van der Waals surface area contributed by atoms with Crippen LogP contribution in [0.4, 0.5) is 11.4 Å². The molecule has 2 heterocycles. The summed E-state index contributed by atoms with van der Waals surface area (Å²) in [5, 5.41) is 18.3. The SMILES string of the molecule is CN(C)CCNCc1ccc(-c2ccc3c(Nc4ccc(Sc5ccccc5)c(Cl)c4)c(C#N)cnc3c2)s1. The van der Waals surface area contributed by atoms with Crippen LogP contribution in [0, 0.1) is 11.3 Å². The summed E-state index contributed by atoms with van der Waals surface area (Å²) in [6.45, 7) is 2.82. The maximum absolute atomic E-state index is 9.81. The van der Waals surface area contributed by atoms with E-state index in [1.165, 1.54) is 9.75 Å². The van der Waals surface area contributed by atoms with Crippen molar-refractivity contribution >= 4 is 57.0 Å². The minimum atomic E-state index is 0.483. The van der Waals surface area contributed by atoms with Gasteiger partial charge in [0.1, 0.15) is 6.07 Å². The van der Waals surface area contributed by atoms with Crippen LogP contribution in [-0.2, 0) is 6.54 Å². The van der Waals surface area contributed by atoms with Crippen LogP contribution in [0.2, 0.25) is 5.02 Å². The second-order valence-electron chi connectivity index (χ2n) is 9.32. The van der Waals surface area contributed by atoms with Gasteiger partial charge < -0.3 is 15.5 Å². The molecule has 0 amide bonds. The normalized spacial score (nSPS) is 11.2. The molecule has 0 saturated carbocycles. The Kier molecular flexibility index (Phi) is 8.82. The Hall–Kier alpha value is -3.38. The van der Waals surface area contributed by atoms with Gasteiger partial charge in [-0.2, -0.15) is 5.26 Å². The fourth-order valence-electron chi connectivity index (χ4n) is 4.13. The van der Waals surface area contributed by atoms with Crippen molar-refractivity contribution in [1.29, 1.82) is 5.26 Å². The molecular weight excluding hydrogens is 542 g/mol. The van der Waals surface area contributed by atoms with Crippen LogP contribution in [0.1, 0.15) is 10.4 Å². The molecule has 0 saturated heterocycles. The number of anilines is 2. The number of nitrogens with zero attached hydrogens (tertiary/aromatic N) is 3. The predicted molar refractivity (Wildman–Crippen MR) is 165 cm³/mol. The molecule has 0 bridgehead atoms. The first-order chi connectivity index (χ1) is 19.0. The highest BCUT2D eigenvalue weighted by Gasteiger charge is 2.13. The number of rotatable bonds is 10. The topological polar surface area (TPSA) is 64.0 Å². The van der Waals surface area contributed by atoms with Gasteiger partial charge in [0.15, 0.2) is 0 Å². The molecule has 3 aromatic carbocycles. The summed E-state index contributed by atoms with van der Waals surface area (Å²) in [6, 6.07) is 28.9. The number of nitrogens with one attached hydrogen (secondary N) is 2. The van der Waals surface area contributed by atoms with Gasteiger partial charge in [-0.05, 0) is 68.2 Å². The smallest absolute Gasteiger partial charge is 0.103 e. The van der Waals surface area contributed by atoms with E-state index in [0.29, 0.717) is 10.6 Å². The van der Waals surface area contributed by atoms with Crippen LogP contribution in [0.25, 0.3) is 21.3 Å².